The van der Waals surface area contributed by atoms with Crippen molar-refractivity contribution in [1.29, 1.82) is 0 Å². The van der Waals surface area contributed by atoms with Gasteiger partial charge >= 0.3 is 0 Å². The second-order valence-electron chi connectivity index (χ2n) is 7.86. The first-order valence-corrected chi connectivity index (χ1v) is 10.4. The van der Waals surface area contributed by atoms with E-state index in [0.717, 1.165) is 51.6 Å². The van der Waals surface area contributed by atoms with Gasteiger partial charge in [-0.2, -0.15) is 4.98 Å². The highest BCUT2D eigenvalue weighted by atomic mass is 16.5. The lowest BCUT2D eigenvalue weighted by Gasteiger charge is -2.31. The number of carbonyl (C=O) groups excluding carboxylic acids is 1. The molecule has 7 heteroatoms. The summed E-state index contributed by atoms with van der Waals surface area (Å²) in [5.41, 5.74) is 5.92. The van der Waals surface area contributed by atoms with Crippen molar-refractivity contribution in [3.05, 3.63) is 11.8 Å². The van der Waals surface area contributed by atoms with Gasteiger partial charge in [-0.3, -0.25) is 4.79 Å². The molecule has 0 aromatic carbocycles. The zero-order chi connectivity index (χ0) is 19.3. The van der Waals surface area contributed by atoms with Gasteiger partial charge in [0.25, 0.3) is 5.91 Å². The second kappa shape index (κ2) is 8.87. The molecule has 2 aliphatic rings. The van der Waals surface area contributed by atoms with Gasteiger partial charge < -0.3 is 21.1 Å². The zero-order valence-corrected chi connectivity index (χ0v) is 16.6. The number of rotatable bonds is 8. The number of ether oxygens (including phenoxy) is 1. The van der Waals surface area contributed by atoms with Crippen LogP contribution in [0.2, 0.25) is 0 Å². The largest absolute Gasteiger partial charge is 0.379 e. The van der Waals surface area contributed by atoms with E-state index in [1.807, 2.05) is 6.92 Å². The maximum Gasteiger partial charge on any atom is 0.254 e. The number of nitrogens with zero attached hydrogens (tertiary/aromatic N) is 2. The number of hydrogen-bond donors (Lipinski definition) is 3. The molecule has 2 fully saturated rings. The van der Waals surface area contributed by atoms with Crippen molar-refractivity contribution in [2.75, 3.05) is 17.2 Å². The topological polar surface area (TPSA) is 102 Å². The minimum Gasteiger partial charge on any atom is -0.379 e. The summed E-state index contributed by atoms with van der Waals surface area (Å²) in [6.45, 7) is 4.99. The van der Waals surface area contributed by atoms with E-state index in [9.17, 15) is 4.79 Å². The third kappa shape index (κ3) is 4.89. The summed E-state index contributed by atoms with van der Waals surface area (Å²) in [5.74, 6) is 0.629. The normalized spacial score (nSPS) is 24.5. The van der Waals surface area contributed by atoms with E-state index in [-0.39, 0.29) is 5.54 Å². The highest BCUT2D eigenvalue weighted by Gasteiger charge is 2.33. The van der Waals surface area contributed by atoms with Crippen molar-refractivity contribution < 1.29 is 9.53 Å². The number of nitrogens with two attached hydrogens (primary N) is 1. The summed E-state index contributed by atoms with van der Waals surface area (Å²) in [4.78, 5) is 20.8. The second-order valence-corrected chi connectivity index (χ2v) is 7.86. The van der Waals surface area contributed by atoms with Gasteiger partial charge in [-0.25, -0.2) is 4.98 Å². The minimum absolute atomic E-state index is 0.00533. The molecule has 0 atom stereocenters. The van der Waals surface area contributed by atoms with Gasteiger partial charge in [0, 0.05) is 24.4 Å². The van der Waals surface area contributed by atoms with Crippen LogP contribution in [-0.2, 0) is 4.74 Å². The van der Waals surface area contributed by atoms with Crippen molar-refractivity contribution in [3.8, 4) is 0 Å². The molecule has 150 valence electrons. The molecule has 3 rings (SSSR count). The molecule has 1 aromatic heterocycles. The molecule has 0 radical (unpaired) electrons. The van der Waals surface area contributed by atoms with E-state index < -0.39 is 5.91 Å². The Bertz CT molecular complexity index is 637. The Hall–Kier alpha value is -1.89. The van der Waals surface area contributed by atoms with E-state index in [2.05, 4.69) is 27.5 Å². The van der Waals surface area contributed by atoms with Crippen molar-refractivity contribution in [3.63, 3.8) is 0 Å². The smallest absolute Gasteiger partial charge is 0.254 e. The van der Waals surface area contributed by atoms with Gasteiger partial charge in [0.1, 0.15) is 5.82 Å². The molecular formula is C20H33N5O2. The summed E-state index contributed by atoms with van der Waals surface area (Å²) >= 11 is 0. The molecule has 27 heavy (non-hydrogen) atoms. The van der Waals surface area contributed by atoms with E-state index in [1.54, 1.807) is 6.20 Å². The fourth-order valence-corrected chi connectivity index (χ4v) is 4.39. The van der Waals surface area contributed by atoms with Crippen LogP contribution in [-0.4, -0.2) is 40.2 Å². The lowest BCUT2D eigenvalue weighted by Crippen LogP contribution is -2.36. The maximum absolute atomic E-state index is 11.9. The van der Waals surface area contributed by atoms with Gasteiger partial charge in [0.2, 0.25) is 5.95 Å². The van der Waals surface area contributed by atoms with E-state index in [4.69, 9.17) is 10.5 Å². The van der Waals surface area contributed by atoms with Crippen molar-refractivity contribution in [1.82, 2.24) is 9.97 Å². The average Bonchev–Trinajstić information content (AvgIpc) is 3.12. The number of aromatic nitrogens is 2. The Morgan fingerprint density at radius 3 is 2.56 bits per heavy atom. The van der Waals surface area contributed by atoms with Gasteiger partial charge in [0.15, 0.2) is 0 Å². The Morgan fingerprint density at radius 1 is 1.26 bits per heavy atom. The van der Waals surface area contributed by atoms with Crippen LogP contribution in [0.3, 0.4) is 0 Å². The highest BCUT2D eigenvalue weighted by Crippen LogP contribution is 2.36. The number of nitrogens with one attached hydrogen (secondary N) is 2. The van der Waals surface area contributed by atoms with Crippen LogP contribution in [0.15, 0.2) is 6.20 Å². The molecule has 1 amide bonds. The number of hydrogen-bond acceptors (Lipinski definition) is 6. The predicted octanol–water partition coefficient (Wildman–Crippen LogP) is 3.47. The molecule has 0 bridgehead atoms. The molecule has 2 aliphatic carbocycles. The summed E-state index contributed by atoms with van der Waals surface area (Å²) in [6, 6.07) is 0.334. The Labute approximate surface area is 161 Å². The quantitative estimate of drug-likeness (QED) is 0.643. The number of primary amides is 1. The number of carbonyl (C=O) groups is 1. The average molecular weight is 376 g/mol. The Balaban J connectivity index is 1.71. The predicted molar refractivity (Wildman–Crippen MR) is 107 cm³/mol. The van der Waals surface area contributed by atoms with Crippen LogP contribution in [0.5, 0.6) is 0 Å². The van der Waals surface area contributed by atoms with Crippen LogP contribution in [0.4, 0.5) is 11.8 Å². The maximum atomic E-state index is 11.9. The molecule has 1 aromatic rings. The third-order valence-electron chi connectivity index (χ3n) is 6.09. The van der Waals surface area contributed by atoms with Crippen LogP contribution in [0.25, 0.3) is 0 Å². The Morgan fingerprint density at radius 2 is 1.96 bits per heavy atom. The Kier molecular flexibility index (Phi) is 6.52. The van der Waals surface area contributed by atoms with Gasteiger partial charge in [0.05, 0.1) is 11.7 Å². The molecular weight excluding hydrogens is 342 g/mol. The molecule has 0 unspecified atom stereocenters. The molecule has 4 N–H and O–H groups in total. The summed E-state index contributed by atoms with van der Waals surface area (Å²) in [5, 5.41) is 6.98. The first kappa shape index (κ1) is 19.9. The fourth-order valence-electron chi connectivity index (χ4n) is 4.39. The van der Waals surface area contributed by atoms with Crippen LogP contribution < -0.4 is 16.4 Å². The van der Waals surface area contributed by atoms with E-state index in [1.165, 1.54) is 12.8 Å². The third-order valence-corrected chi connectivity index (χ3v) is 6.09. The van der Waals surface area contributed by atoms with Gasteiger partial charge in [-0.15, -0.1) is 0 Å². The number of amides is 1. The van der Waals surface area contributed by atoms with Gasteiger partial charge in [-0.1, -0.05) is 19.8 Å². The molecule has 7 nitrogen and oxygen atoms in total. The molecule has 0 aliphatic heterocycles. The molecule has 1 heterocycles. The van der Waals surface area contributed by atoms with Crippen LogP contribution >= 0.6 is 0 Å². The number of anilines is 2. The summed E-state index contributed by atoms with van der Waals surface area (Å²) in [6.07, 6.45) is 11.7. The van der Waals surface area contributed by atoms with Crippen LogP contribution in [0, 0.1) is 0 Å². The standard InChI is InChI=1S/C20H33N5O2/c1-3-20(11-5-6-12-20)25-18-16(17(21)26)13-22-19(24-18)23-14-7-9-15(10-8-14)27-4-2/h13-15H,3-12H2,1-2H3,(H2,21,26)(H2,22,23,24,25)/t14-,15-. The molecule has 0 saturated heterocycles. The molecule has 2 saturated carbocycles. The lowest BCUT2D eigenvalue weighted by atomic mass is 9.93. The molecule has 0 spiro atoms. The van der Waals surface area contributed by atoms with Crippen LogP contribution in [0.1, 0.15) is 82.0 Å². The van der Waals surface area contributed by atoms with E-state index >= 15 is 0 Å². The van der Waals surface area contributed by atoms with Crippen molar-refractivity contribution >= 4 is 17.7 Å². The summed E-state index contributed by atoms with van der Waals surface area (Å²) in [7, 11) is 0. The fraction of sp³-hybridized carbons (Fsp3) is 0.750. The lowest BCUT2D eigenvalue weighted by molar-refractivity contribution is 0.0346. The van der Waals surface area contributed by atoms with Crippen molar-refractivity contribution in [2.45, 2.75) is 89.3 Å². The monoisotopic (exact) mass is 375 g/mol. The summed E-state index contributed by atoms with van der Waals surface area (Å²) < 4.78 is 5.72. The minimum atomic E-state index is -0.495. The highest BCUT2D eigenvalue weighted by molar-refractivity contribution is 5.97. The first-order chi connectivity index (χ1) is 13.0. The zero-order valence-electron chi connectivity index (χ0n) is 16.6. The van der Waals surface area contributed by atoms with Crippen molar-refractivity contribution in [2.24, 2.45) is 5.73 Å². The van der Waals surface area contributed by atoms with E-state index in [0.29, 0.717) is 29.5 Å². The first-order valence-electron chi connectivity index (χ1n) is 10.4. The SMILES string of the molecule is CCO[C@H]1CC[C@H](Nc2ncc(C(N)=O)c(NC3(CC)CCCC3)n2)CC1. The van der Waals surface area contributed by atoms with Gasteiger partial charge in [-0.05, 0) is 51.9 Å².